The molecule has 3 aromatic rings. The molecule has 0 spiro atoms. The molecule has 1 aliphatic heterocycles. The van der Waals surface area contributed by atoms with Crippen LogP contribution in [0.4, 0.5) is 0 Å². The third-order valence-corrected chi connectivity index (χ3v) is 5.04. The summed E-state index contributed by atoms with van der Waals surface area (Å²) < 4.78 is 11.0. The first-order valence-corrected chi connectivity index (χ1v) is 9.17. The zero-order valence-electron chi connectivity index (χ0n) is 14.4. The number of aromatic nitrogens is 5. The summed E-state index contributed by atoms with van der Waals surface area (Å²) in [6.07, 6.45) is 9.07. The van der Waals surface area contributed by atoms with Crippen molar-refractivity contribution in [3.05, 3.63) is 42.1 Å². The largest absolute Gasteiger partial charge is 0.338 e. The van der Waals surface area contributed by atoms with Gasteiger partial charge < -0.3 is 9.05 Å². The maximum Gasteiger partial charge on any atom is 0.244 e. The Hall–Kier alpha value is -2.61. The molecule has 1 saturated heterocycles. The van der Waals surface area contributed by atoms with Crippen LogP contribution in [-0.4, -0.2) is 36.7 Å². The molecular formula is C18H20N6O2. The fourth-order valence-electron chi connectivity index (χ4n) is 3.46. The van der Waals surface area contributed by atoms with E-state index in [1.54, 1.807) is 12.4 Å². The van der Waals surface area contributed by atoms with Crippen LogP contribution >= 0.6 is 0 Å². The van der Waals surface area contributed by atoms with Gasteiger partial charge in [-0.3, -0.25) is 9.88 Å². The van der Waals surface area contributed by atoms with Gasteiger partial charge in [-0.1, -0.05) is 16.7 Å². The van der Waals surface area contributed by atoms with Crippen molar-refractivity contribution in [2.45, 2.75) is 50.6 Å². The number of nitrogens with zero attached hydrogens (tertiary/aromatic N) is 6. The van der Waals surface area contributed by atoms with E-state index in [0.29, 0.717) is 30.1 Å². The molecule has 1 aliphatic carbocycles. The van der Waals surface area contributed by atoms with E-state index in [0.717, 1.165) is 37.2 Å². The Labute approximate surface area is 150 Å². The number of likely N-dealkylation sites (tertiary alicyclic amines) is 1. The zero-order valence-corrected chi connectivity index (χ0v) is 14.4. The van der Waals surface area contributed by atoms with Gasteiger partial charge in [-0.2, -0.15) is 9.97 Å². The molecule has 0 bridgehead atoms. The van der Waals surface area contributed by atoms with Crippen LogP contribution in [0.15, 0.2) is 33.6 Å². The van der Waals surface area contributed by atoms with E-state index in [2.05, 4.69) is 30.2 Å². The standard InChI is InChI=1S/C18H20N6O2/c1-2-10-24(11-15-20-16(22-25-15)12-4-5-12)14(3-1)18-21-17(23-26-18)13-6-8-19-9-7-13/h6-9,12,14H,1-5,10-11H2. The molecule has 1 atom stereocenters. The van der Waals surface area contributed by atoms with Gasteiger partial charge in [0.25, 0.3) is 0 Å². The molecule has 26 heavy (non-hydrogen) atoms. The highest BCUT2D eigenvalue weighted by Crippen LogP contribution is 2.38. The van der Waals surface area contributed by atoms with Crippen LogP contribution in [0.2, 0.25) is 0 Å². The molecule has 0 amide bonds. The highest BCUT2D eigenvalue weighted by Gasteiger charge is 2.32. The molecule has 2 aliphatic rings. The minimum absolute atomic E-state index is 0.0862. The minimum atomic E-state index is 0.0862. The SMILES string of the molecule is c1cc(-c2noc(C3CCCCN3Cc3nc(C4CC4)no3)n2)ccn1. The summed E-state index contributed by atoms with van der Waals surface area (Å²) in [7, 11) is 0. The molecule has 134 valence electrons. The number of pyridine rings is 1. The molecular weight excluding hydrogens is 332 g/mol. The van der Waals surface area contributed by atoms with Crippen molar-refractivity contribution in [1.82, 2.24) is 30.2 Å². The quantitative estimate of drug-likeness (QED) is 0.691. The van der Waals surface area contributed by atoms with Crippen LogP contribution in [0.3, 0.4) is 0 Å². The summed E-state index contributed by atoms with van der Waals surface area (Å²) in [5.74, 6) is 3.28. The van der Waals surface area contributed by atoms with Gasteiger partial charge in [0, 0.05) is 23.9 Å². The van der Waals surface area contributed by atoms with Crippen molar-refractivity contribution in [2.24, 2.45) is 0 Å². The minimum Gasteiger partial charge on any atom is -0.338 e. The third kappa shape index (κ3) is 3.12. The Bertz CT molecular complexity index is 873. The topological polar surface area (TPSA) is 94.0 Å². The van der Waals surface area contributed by atoms with E-state index < -0.39 is 0 Å². The lowest BCUT2D eigenvalue weighted by Crippen LogP contribution is -2.33. The van der Waals surface area contributed by atoms with E-state index in [1.807, 2.05) is 12.1 Å². The molecule has 4 heterocycles. The first-order valence-electron chi connectivity index (χ1n) is 9.17. The van der Waals surface area contributed by atoms with Crippen LogP contribution in [0.5, 0.6) is 0 Å². The second-order valence-electron chi connectivity index (χ2n) is 6.99. The highest BCUT2D eigenvalue weighted by atomic mass is 16.5. The average Bonchev–Trinajstić information content (AvgIpc) is 3.24. The maximum atomic E-state index is 5.59. The van der Waals surface area contributed by atoms with Crippen molar-refractivity contribution >= 4 is 0 Å². The van der Waals surface area contributed by atoms with Crippen LogP contribution in [-0.2, 0) is 6.54 Å². The van der Waals surface area contributed by atoms with Crippen molar-refractivity contribution in [1.29, 1.82) is 0 Å². The van der Waals surface area contributed by atoms with Crippen molar-refractivity contribution in [2.75, 3.05) is 6.54 Å². The Morgan fingerprint density at radius 2 is 1.88 bits per heavy atom. The summed E-state index contributed by atoms with van der Waals surface area (Å²) in [6.45, 7) is 1.58. The first kappa shape index (κ1) is 15.6. The molecule has 1 saturated carbocycles. The second kappa shape index (κ2) is 6.60. The Balaban J connectivity index is 1.35. The molecule has 3 aromatic heterocycles. The molecule has 0 N–H and O–H groups in total. The van der Waals surface area contributed by atoms with Gasteiger partial charge in [0.2, 0.25) is 17.6 Å². The van der Waals surface area contributed by atoms with Crippen LogP contribution < -0.4 is 0 Å². The molecule has 8 nitrogen and oxygen atoms in total. The normalized spacial score (nSPS) is 21.2. The van der Waals surface area contributed by atoms with Crippen LogP contribution in [0.1, 0.15) is 61.7 Å². The Morgan fingerprint density at radius 1 is 1.00 bits per heavy atom. The molecule has 2 fully saturated rings. The van der Waals surface area contributed by atoms with E-state index in [9.17, 15) is 0 Å². The predicted molar refractivity (Wildman–Crippen MR) is 90.8 cm³/mol. The van der Waals surface area contributed by atoms with Gasteiger partial charge in [-0.25, -0.2) is 0 Å². The molecule has 1 unspecified atom stereocenters. The summed E-state index contributed by atoms with van der Waals surface area (Å²) in [5.41, 5.74) is 0.906. The third-order valence-electron chi connectivity index (χ3n) is 5.04. The molecule has 5 rings (SSSR count). The summed E-state index contributed by atoms with van der Waals surface area (Å²) in [6, 6.07) is 3.85. The van der Waals surface area contributed by atoms with Crippen molar-refractivity contribution < 1.29 is 9.05 Å². The van der Waals surface area contributed by atoms with Crippen molar-refractivity contribution in [3.63, 3.8) is 0 Å². The van der Waals surface area contributed by atoms with Crippen LogP contribution in [0.25, 0.3) is 11.4 Å². The zero-order chi connectivity index (χ0) is 17.3. The number of piperidine rings is 1. The van der Waals surface area contributed by atoms with Crippen LogP contribution in [0, 0.1) is 0 Å². The van der Waals surface area contributed by atoms with Gasteiger partial charge in [-0.05, 0) is 44.4 Å². The lowest BCUT2D eigenvalue weighted by molar-refractivity contribution is 0.0986. The Kier molecular flexibility index (Phi) is 3.97. The molecule has 0 aromatic carbocycles. The number of rotatable bonds is 5. The second-order valence-corrected chi connectivity index (χ2v) is 6.99. The molecule has 0 radical (unpaired) electrons. The smallest absolute Gasteiger partial charge is 0.244 e. The highest BCUT2D eigenvalue weighted by molar-refractivity contribution is 5.52. The summed E-state index contributed by atoms with van der Waals surface area (Å²) >= 11 is 0. The van der Waals surface area contributed by atoms with Gasteiger partial charge >= 0.3 is 0 Å². The van der Waals surface area contributed by atoms with Gasteiger partial charge in [0.05, 0.1) is 12.6 Å². The average molecular weight is 352 g/mol. The van der Waals surface area contributed by atoms with Crippen molar-refractivity contribution in [3.8, 4) is 11.4 Å². The summed E-state index contributed by atoms with van der Waals surface area (Å²) in [5, 5.41) is 8.26. The van der Waals surface area contributed by atoms with Gasteiger partial charge in [-0.15, -0.1) is 0 Å². The van der Waals surface area contributed by atoms with E-state index in [4.69, 9.17) is 9.05 Å². The monoisotopic (exact) mass is 352 g/mol. The lowest BCUT2D eigenvalue weighted by atomic mass is 10.0. The first-order chi connectivity index (χ1) is 12.9. The van der Waals surface area contributed by atoms with Gasteiger partial charge in [0.15, 0.2) is 5.82 Å². The van der Waals surface area contributed by atoms with Gasteiger partial charge in [0.1, 0.15) is 0 Å². The fourth-order valence-corrected chi connectivity index (χ4v) is 3.46. The summed E-state index contributed by atoms with van der Waals surface area (Å²) in [4.78, 5) is 15.5. The maximum absolute atomic E-state index is 5.59. The molecule has 8 heteroatoms. The number of hydrogen-bond acceptors (Lipinski definition) is 8. The van der Waals surface area contributed by atoms with E-state index in [-0.39, 0.29) is 6.04 Å². The number of hydrogen-bond donors (Lipinski definition) is 0. The lowest BCUT2D eigenvalue weighted by Gasteiger charge is -2.31. The van der Waals surface area contributed by atoms with E-state index in [1.165, 1.54) is 12.8 Å². The predicted octanol–water partition coefficient (Wildman–Crippen LogP) is 3.12. The van der Waals surface area contributed by atoms with E-state index >= 15 is 0 Å². The fraction of sp³-hybridized carbons (Fsp3) is 0.500. The Morgan fingerprint density at radius 3 is 2.73 bits per heavy atom.